The van der Waals surface area contributed by atoms with Gasteiger partial charge < -0.3 is 14.6 Å². The van der Waals surface area contributed by atoms with E-state index < -0.39 is 33.6 Å². The fraction of sp³-hybridized carbons (Fsp3) is 0.300. The molecular formula is C20H21F2N3O6S. The summed E-state index contributed by atoms with van der Waals surface area (Å²) in [6.07, 6.45) is 2.17. The number of aromatic nitrogens is 3. The molecule has 0 spiro atoms. The van der Waals surface area contributed by atoms with Crippen molar-refractivity contribution in [2.24, 2.45) is 0 Å². The summed E-state index contributed by atoms with van der Waals surface area (Å²) in [7, 11) is -4.02. The fourth-order valence-corrected chi connectivity index (χ4v) is 3.48. The Balaban J connectivity index is 0.000000222. The molecule has 0 bridgehead atoms. The molecular weight excluding hydrogens is 448 g/mol. The van der Waals surface area contributed by atoms with Crippen LogP contribution in [-0.4, -0.2) is 52.2 Å². The van der Waals surface area contributed by atoms with Crippen LogP contribution in [0.15, 0.2) is 60.0 Å². The Bertz CT molecular complexity index is 1140. The number of hydrogen-bond acceptors (Lipinski definition) is 7. The van der Waals surface area contributed by atoms with Crippen LogP contribution in [0, 0.1) is 18.6 Å². The van der Waals surface area contributed by atoms with E-state index in [1.165, 1.54) is 35.5 Å². The topological polar surface area (TPSA) is 124 Å². The van der Waals surface area contributed by atoms with Gasteiger partial charge in [0.2, 0.25) is 5.79 Å². The zero-order chi connectivity index (χ0) is 23.4. The summed E-state index contributed by atoms with van der Waals surface area (Å²) in [5, 5.41) is 13.1. The monoisotopic (exact) mass is 469 g/mol. The van der Waals surface area contributed by atoms with Gasteiger partial charge in [-0.25, -0.2) is 18.4 Å². The van der Waals surface area contributed by atoms with Crippen LogP contribution < -0.4 is 0 Å². The minimum absolute atomic E-state index is 0.0338. The molecule has 172 valence electrons. The lowest BCUT2D eigenvalue weighted by molar-refractivity contribution is -0.193. The maximum atomic E-state index is 14.1. The third-order valence-electron chi connectivity index (χ3n) is 4.56. The second-order valence-corrected chi connectivity index (χ2v) is 8.41. The van der Waals surface area contributed by atoms with Crippen molar-refractivity contribution in [3.8, 4) is 0 Å². The normalized spacial score (nSPS) is 20.6. The molecule has 0 aliphatic carbocycles. The molecule has 32 heavy (non-hydrogen) atoms. The summed E-state index contributed by atoms with van der Waals surface area (Å²) in [6.45, 7) is 1.71. The number of rotatable bonds is 5. The van der Waals surface area contributed by atoms with E-state index in [0.29, 0.717) is 0 Å². The van der Waals surface area contributed by atoms with Gasteiger partial charge in [0.1, 0.15) is 36.9 Å². The van der Waals surface area contributed by atoms with Crippen molar-refractivity contribution >= 4 is 10.1 Å². The van der Waals surface area contributed by atoms with Crippen LogP contribution in [0.4, 0.5) is 8.78 Å². The highest BCUT2D eigenvalue weighted by Gasteiger charge is 2.45. The Kier molecular flexibility index (Phi) is 7.31. The predicted octanol–water partition coefficient (Wildman–Crippen LogP) is 2.06. The Morgan fingerprint density at radius 2 is 1.94 bits per heavy atom. The Hall–Kier alpha value is -2.77. The van der Waals surface area contributed by atoms with Crippen LogP contribution in [0.25, 0.3) is 0 Å². The molecule has 0 amide bonds. The van der Waals surface area contributed by atoms with E-state index in [4.69, 9.17) is 14.0 Å². The van der Waals surface area contributed by atoms with Gasteiger partial charge in [-0.3, -0.25) is 4.55 Å². The molecule has 2 N–H and O–H groups in total. The number of aliphatic hydroxyl groups is 1. The van der Waals surface area contributed by atoms with Crippen molar-refractivity contribution in [3.63, 3.8) is 0 Å². The average molecular weight is 469 g/mol. The summed E-state index contributed by atoms with van der Waals surface area (Å²) >= 11 is 0. The lowest BCUT2D eigenvalue weighted by Gasteiger charge is -2.28. The number of aliphatic hydroxyl groups excluding tert-OH is 1. The molecule has 2 atom stereocenters. The first kappa shape index (κ1) is 23.9. The molecule has 12 heteroatoms. The van der Waals surface area contributed by atoms with E-state index >= 15 is 0 Å². The molecule has 0 saturated carbocycles. The molecule has 0 unspecified atom stereocenters. The molecule has 3 aromatic rings. The molecule has 1 saturated heterocycles. The van der Waals surface area contributed by atoms with Gasteiger partial charge in [-0.1, -0.05) is 17.7 Å². The number of benzene rings is 2. The largest absolute Gasteiger partial charge is 0.394 e. The van der Waals surface area contributed by atoms with Gasteiger partial charge in [-0.15, -0.1) is 0 Å². The van der Waals surface area contributed by atoms with E-state index in [0.717, 1.165) is 17.7 Å². The molecule has 0 radical (unpaired) electrons. The van der Waals surface area contributed by atoms with Crippen molar-refractivity contribution in [2.45, 2.75) is 30.3 Å². The highest BCUT2D eigenvalue weighted by atomic mass is 32.2. The Labute approximate surface area is 183 Å². The van der Waals surface area contributed by atoms with Gasteiger partial charge in [0.15, 0.2) is 0 Å². The number of nitrogens with zero attached hydrogens (tertiary/aromatic N) is 3. The third-order valence-corrected chi connectivity index (χ3v) is 5.43. The van der Waals surface area contributed by atoms with Crippen LogP contribution >= 0.6 is 0 Å². The van der Waals surface area contributed by atoms with Crippen LogP contribution in [0.1, 0.15) is 11.1 Å². The van der Waals surface area contributed by atoms with Crippen LogP contribution in [0.2, 0.25) is 0 Å². The quantitative estimate of drug-likeness (QED) is 0.545. The standard InChI is InChI=1S/C13H13F2N3O3.C7H8O3S/c14-9-1-2-11(12(15)3-9)13(6-18-8-16-7-17-18)20-5-10(4-19)21-13;1-6-2-4-7(5-3-6)11(8,9)10/h1-3,7-8,10,19H,4-6H2;2-5H,1H3,(H,8,9,10)/t10-,13-;/m1./s1. The molecule has 1 aliphatic heterocycles. The SMILES string of the molecule is Cc1ccc(S(=O)(=O)O)cc1.OC[C@@H]1CO[C@@](Cn2cncn2)(c2ccc(F)cc2F)O1. The third kappa shape index (κ3) is 5.72. The van der Waals surface area contributed by atoms with Gasteiger partial charge in [0, 0.05) is 11.6 Å². The van der Waals surface area contributed by atoms with Gasteiger partial charge in [0.25, 0.3) is 10.1 Å². The van der Waals surface area contributed by atoms with Crippen molar-refractivity contribution in [1.82, 2.24) is 14.8 Å². The Morgan fingerprint density at radius 1 is 1.22 bits per heavy atom. The first-order chi connectivity index (χ1) is 15.1. The first-order valence-electron chi connectivity index (χ1n) is 9.38. The van der Waals surface area contributed by atoms with E-state index in [9.17, 15) is 22.3 Å². The van der Waals surface area contributed by atoms with E-state index in [2.05, 4.69) is 10.1 Å². The lowest BCUT2D eigenvalue weighted by Crippen LogP contribution is -2.35. The molecule has 1 aliphatic rings. The molecule has 1 fully saturated rings. The van der Waals surface area contributed by atoms with Crippen LogP contribution in [0.5, 0.6) is 0 Å². The molecule has 9 nitrogen and oxygen atoms in total. The summed E-state index contributed by atoms with van der Waals surface area (Å²) in [6, 6.07) is 9.14. The second-order valence-electron chi connectivity index (χ2n) is 6.99. The highest BCUT2D eigenvalue weighted by molar-refractivity contribution is 7.85. The van der Waals surface area contributed by atoms with Gasteiger partial charge in [-0.05, 0) is 31.2 Å². The maximum absolute atomic E-state index is 14.1. The smallest absolute Gasteiger partial charge is 0.294 e. The van der Waals surface area contributed by atoms with Gasteiger partial charge in [0.05, 0.1) is 18.1 Å². The number of hydrogen-bond donors (Lipinski definition) is 2. The van der Waals surface area contributed by atoms with Gasteiger partial charge in [-0.2, -0.15) is 13.5 Å². The molecule has 4 rings (SSSR count). The molecule has 2 aromatic carbocycles. The number of halogens is 2. The van der Waals surface area contributed by atoms with Crippen molar-refractivity contribution in [1.29, 1.82) is 0 Å². The molecule has 1 aromatic heterocycles. The number of ether oxygens (including phenoxy) is 2. The maximum Gasteiger partial charge on any atom is 0.294 e. The van der Waals surface area contributed by atoms with Crippen molar-refractivity contribution < 1.29 is 36.3 Å². The summed E-state index contributed by atoms with van der Waals surface area (Å²) in [4.78, 5) is 3.74. The lowest BCUT2D eigenvalue weighted by atomic mass is 10.0. The van der Waals surface area contributed by atoms with Crippen LogP contribution in [-0.2, 0) is 31.9 Å². The van der Waals surface area contributed by atoms with E-state index in [1.54, 1.807) is 12.1 Å². The predicted molar refractivity (Wildman–Crippen MR) is 107 cm³/mol. The fourth-order valence-electron chi connectivity index (χ4n) is 3.00. The van der Waals surface area contributed by atoms with Gasteiger partial charge >= 0.3 is 0 Å². The van der Waals surface area contributed by atoms with E-state index in [-0.39, 0.29) is 30.2 Å². The minimum Gasteiger partial charge on any atom is -0.394 e. The van der Waals surface area contributed by atoms with Crippen molar-refractivity contribution in [2.75, 3.05) is 13.2 Å². The summed E-state index contributed by atoms with van der Waals surface area (Å²) in [5.41, 5.74) is 1.01. The Morgan fingerprint density at radius 3 is 2.47 bits per heavy atom. The highest BCUT2D eigenvalue weighted by Crippen LogP contribution is 2.37. The average Bonchev–Trinajstić information content (AvgIpc) is 3.39. The van der Waals surface area contributed by atoms with Crippen molar-refractivity contribution in [3.05, 3.63) is 77.9 Å². The number of aryl methyl sites for hydroxylation is 1. The van der Waals surface area contributed by atoms with Crippen LogP contribution in [0.3, 0.4) is 0 Å². The minimum atomic E-state index is -4.02. The zero-order valence-electron chi connectivity index (χ0n) is 16.9. The molecule has 2 heterocycles. The zero-order valence-corrected chi connectivity index (χ0v) is 17.7. The first-order valence-corrected chi connectivity index (χ1v) is 10.8. The summed E-state index contributed by atoms with van der Waals surface area (Å²) in [5.74, 6) is -2.95. The second kappa shape index (κ2) is 9.79. The summed E-state index contributed by atoms with van der Waals surface area (Å²) < 4.78 is 69.4. The van der Waals surface area contributed by atoms with E-state index in [1.807, 2.05) is 6.92 Å².